The summed E-state index contributed by atoms with van der Waals surface area (Å²) in [7, 11) is 0. The lowest BCUT2D eigenvalue weighted by atomic mass is 10.1. The number of hydrogen-bond donors (Lipinski definition) is 2. The number of benzene rings is 1. The van der Waals surface area contributed by atoms with E-state index in [2.05, 4.69) is 0 Å². The first kappa shape index (κ1) is 16.8. The van der Waals surface area contributed by atoms with Crippen molar-refractivity contribution in [2.24, 2.45) is 0 Å². The molecule has 1 aromatic carbocycles. The van der Waals surface area contributed by atoms with Crippen LogP contribution in [-0.2, 0) is 11.2 Å². The third kappa shape index (κ3) is 3.38. The van der Waals surface area contributed by atoms with Crippen LogP contribution in [-0.4, -0.2) is 33.3 Å². The first-order chi connectivity index (χ1) is 11.5. The van der Waals surface area contributed by atoms with Crippen LogP contribution in [0.5, 0.6) is 11.5 Å². The monoisotopic (exact) mass is 347 g/mol. The molecule has 2 N–H and O–H groups in total. The summed E-state index contributed by atoms with van der Waals surface area (Å²) in [5.74, 6) is 2.33. The Hall–Kier alpha value is -2.08. The lowest BCUT2D eigenvalue weighted by Crippen LogP contribution is -2.38. The third-order valence-electron chi connectivity index (χ3n) is 4.30. The van der Waals surface area contributed by atoms with Crippen LogP contribution in [0.2, 0.25) is 0 Å². The Kier molecular flexibility index (Phi) is 4.76. The van der Waals surface area contributed by atoms with E-state index in [1.807, 2.05) is 24.8 Å². The minimum absolute atomic E-state index is 0.107. The fraction of sp³-hybridized carbons (Fsp3) is 0.389. The largest absolute Gasteiger partial charge is 0.504 e. The number of rotatable bonds is 4. The van der Waals surface area contributed by atoms with E-state index in [9.17, 15) is 15.0 Å². The summed E-state index contributed by atoms with van der Waals surface area (Å²) in [5.41, 5.74) is 1.96. The number of furan rings is 1. The van der Waals surface area contributed by atoms with Gasteiger partial charge in [0.05, 0.1) is 0 Å². The Labute approximate surface area is 145 Å². The average molecular weight is 347 g/mol. The van der Waals surface area contributed by atoms with Crippen molar-refractivity contribution in [3.63, 3.8) is 0 Å². The number of phenolic OH excluding ortho intramolecular Hbond substituents is 2. The molecular weight excluding hydrogens is 326 g/mol. The number of aryl methyl sites for hydroxylation is 2. The Morgan fingerprint density at radius 3 is 2.71 bits per heavy atom. The van der Waals surface area contributed by atoms with Gasteiger partial charge >= 0.3 is 0 Å². The van der Waals surface area contributed by atoms with E-state index in [0.717, 1.165) is 28.4 Å². The number of aromatic hydroxyl groups is 2. The summed E-state index contributed by atoms with van der Waals surface area (Å²) in [6, 6.07) is 6.76. The molecule has 0 bridgehead atoms. The molecule has 24 heavy (non-hydrogen) atoms. The highest BCUT2D eigenvalue weighted by Crippen LogP contribution is 2.39. The number of thioether (sulfide) groups is 1. The highest BCUT2D eigenvalue weighted by atomic mass is 32.2. The standard InChI is InChI=1S/C18H21NO4S/c1-11-9-16(23-12(11)2)18-19(17(22)6-8-24-18)7-5-13-3-4-14(20)15(21)10-13/h3-4,9-10,18,20-21H,5-8H2,1-2H3. The zero-order valence-corrected chi connectivity index (χ0v) is 14.6. The molecule has 1 amide bonds. The molecule has 1 aliphatic rings. The van der Waals surface area contributed by atoms with Gasteiger partial charge in [-0.15, -0.1) is 11.8 Å². The fourth-order valence-corrected chi connectivity index (χ4v) is 4.00. The molecule has 0 spiro atoms. The molecule has 1 unspecified atom stereocenters. The van der Waals surface area contributed by atoms with Gasteiger partial charge in [-0.25, -0.2) is 0 Å². The molecule has 2 heterocycles. The fourth-order valence-electron chi connectivity index (χ4n) is 2.80. The smallest absolute Gasteiger partial charge is 0.224 e. The predicted molar refractivity (Wildman–Crippen MR) is 93.2 cm³/mol. The van der Waals surface area contributed by atoms with Crippen LogP contribution in [0.25, 0.3) is 0 Å². The molecule has 1 aromatic heterocycles. The maximum Gasteiger partial charge on any atom is 0.224 e. The SMILES string of the molecule is Cc1cc(C2SCCC(=O)N2CCc2ccc(O)c(O)c2)oc1C. The van der Waals surface area contributed by atoms with E-state index >= 15 is 0 Å². The van der Waals surface area contributed by atoms with E-state index in [-0.39, 0.29) is 22.8 Å². The Morgan fingerprint density at radius 1 is 1.25 bits per heavy atom. The summed E-state index contributed by atoms with van der Waals surface area (Å²) in [6.07, 6.45) is 1.13. The summed E-state index contributed by atoms with van der Waals surface area (Å²) in [6.45, 7) is 4.47. The van der Waals surface area contributed by atoms with Crippen molar-refractivity contribution in [1.29, 1.82) is 0 Å². The van der Waals surface area contributed by atoms with E-state index in [0.29, 0.717) is 19.4 Å². The maximum atomic E-state index is 12.4. The molecule has 1 aliphatic heterocycles. The van der Waals surface area contributed by atoms with Gasteiger partial charge in [0.1, 0.15) is 16.9 Å². The Bertz CT molecular complexity index is 736. The number of amides is 1. The van der Waals surface area contributed by atoms with E-state index in [1.165, 1.54) is 12.1 Å². The molecule has 128 valence electrons. The highest BCUT2D eigenvalue weighted by Gasteiger charge is 2.32. The van der Waals surface area contributed by atoms with Crippen molar-refractivity contribution < 1.29 is 19.4 Å². The normalized spacial score (nSPS) is 18.2. The zero-order chi connectivity index (χ0) is 17.3. The minimum Gasteiger partial charge on any atom is -0.504 e. The number of phenols is 2. The van der Waals surface area contributed by atoms with Crippen LogP contribution in [0.1, 0.15) is 34.4 Å². The van der Waals surface area contributed by atoms with Crippen molar-refractivity contribution in [1.82, 2.24) is 4.90 Å². The van der Waals surface area contributed by atoms with Gasteiger partial charge in [-0.3, -0.25) is 4.79 Å². The van der Waals surface area contributed by atoms with Crippen molar-refractivity contribution >= 4 is 17.7 Å². The second-order valence-corrected chi connectivity index (χ2v) is 7.21. The van der Waals surface area contributed by atoms with Gasteiger partial charge in [-0.05, 0) is 49.6 Å². The molecule has 3 rings (SSSR count). The van der Waals surface area contributed by atoms with Crippen LogP contribution < -0.4 is 0 Å². The topological polar surface area (TPSA) is 73.9 Å². The zero-order valence-electron chi connectivity index (χ0n) is 13.8. The average Bonchev–Trinajstić information content (AvgIpc) is 2.88. The number of hydrogen-bond acceptors (Lipinski definition) is 5. The highest BCUT2D eigenvalue weighted by molar-refractivity contribution is 7.99. The van der Waals surface area contributed by atoms with Crippen molar-refractivity contribution in [2.45, 2.75) is 32.1 Å². The molecule has 6 heteroatoms. The van der Waals surface area contributed by atoms with Crippen LogP contribution in [0.3, 0.4) is 0 Å². The quantitative estimate of drug-likeness (QED) is 0.828. The Morgan fingerprint density at radius 2 is 2.04 bits per heavy atom. The van der Waals surface area contributed by atoms with Gasteiger partial charge < -0.3 is 19.5 Å². The minimum atomic E-state index is -0.138. The van der Waals surface area contributed by atoms with Gasteiger partial charge in [0, 0.05) is 18.7 Å². The third-order valence-corrected chi connectivity index (χ3v) is 5.55. The molecule has 1 fully saturated rings. The van der Waals surface area contributed by atoms with Gasteiger partial charge in [0.2, 0.25) is 5.91 Å². The number of carbonyl (C=O) groups is 1. The van der Waals surface area contributed by atoms with E-state index in [1.54, 1.807) is 17.8 Å². The first-order valence-corrected chi connectivity index (χ1v) is 8.99. The first-order valence-electron chi connectivity index (χ1n) is 7.94. The van der Waals surface area contributed by atoms with Crippen LogP contribution >= 0.6 is 11.8 Å². The second kappa shape index (κ2) is 6.81. The molecule has 1 saturated heterocycles. The van der Waals surface area contributed by atoms with Crippen molar-refractivity contribution in [3.05, 3.63) is 46.9 Å². The molecule has 0 saturated carbocycles. The lowest BCUT2D eigenvalue weighted by molar-refractivity contribution is -0.132. The van der Waals surface area contributed by atoms with Crippen LogP contribution in [0.4, 0.5) is 0 Å². The molecule has 1 atom stereocenters. The number of carbonyl (C=O) groups excluding carboxylic acids is 1. The summed E-state index contributed by atoms with van der Waals surface area (Å²) in [5, 5.41) is 18.9. The number of nitrogens with zero attached hydrogens (tertiary/aromatic N) is 1. The molecule has 0 aliphatic carbocycles. The van der Waals surface area contributed by atoms with E-state index in [4.69, 9.17) is 4.42 Å². The van der Waals surface area contributed by atoms with E-state index < -0.39 is 0 Å². The lowest BCUT2D eigenvalue weighted by Gasteiger charge is -2.34. The van der Waals surface area contributed by atoms with Crippen molar-refractivity contribution in [2.75, 3.05) is 12.3 Å². The summed E-state index contributed by atoms with van der Waals surface area (Å²) in [4.78, 5) is 14.2. The predicted octanol–water partition coefficient (Wildman–Crippen LogP) is 3.51. The maximum absolute atomic E-state index is 12.4. The van der Waals surface area contributed by atoms with Gasteiger partial charge in [0.15, 0.2) is 11.5 Å². The summed E-state index contributed by atoms with van der Waals surface area (Å²) >= 11 is 1.71. The van der Waals surface area contributed by atoms with Crippen LogP contribution in [0, 0.1) is 13.8 Å². The van der Waals surface area contributed by atoms with Crippen LogP contribution in [0.15, 0.2) is 28.7 Å². The Balaban J connectivity index is 1.77. The van der Waals surface area contributed by atoms with Gasteiger partial charge in [0.25, 0.3) is 0 Å². The molecular formula is C18H21NO4S. The summed E-state index contributed by atoms with van der Waals surface area (Å²) < 4.78 is 5.83. The molecule has 5 nitrogen and oxygen atoms in total. The molecule has 0 radical (unpaired) electrons. The van der Waals surface area contributed by atoms with Gasteiger partial charge in [-0.2, -0.15) is 0 Å². The molecule has 2 aromatic rings. The van der Waals surface area contributed by atoms with Crippen molar-refractivity contribution in [3.8, 4) is 11.5 Å². The second-order valence-electron chi connectivity index (χ2n) is 6.02. The van der Waals surface area contributed by atoms with Gasteiger partial charge in [-0.1, -0.05) is 6.07 Å².